The average Bonchev–Trinajstić information content (AvgIpc) is 2.97. The van der Waals surface area contributed by atoms with Gasteiger partial charge in [-0.15, -0.1) is 5.10 Å². The normalized spacial score (nSPS) is 11.2. The third-order valence-electron chi connectivity index (χ3n) is 3.24. The number of aliphatic hydroxyl groups is 1. The van der Waals surface area contributed by atoms with Crippen molar-refractivity contribution in [3.05, 3.63) is 77.4 Å². The highest BCUT2D eigenvalue weighted by Crippen LogP contribution is 2.18. The minimum absolute atomic E-state index is 0.261. The Morgan fingerprint density at radius 3 is 2.45 bits per heavy atom. The van der Waals surface area contributed by atoms with Gasteiger partial charge in [0.05, 0.1) is 12.3 Å². The minimum atomic E-state index is -0.397. The van der Waals surface area contributed by atoms with Gasteiger partial charge in [-0.3, -0.25) is 0 Å². The van der Waals surface area contributed by atoms with Gasteiger partial charge in [0, 0.05) is 0 Å². The van der Waals surface area contributed by atoms with Crippen LogP contribution in [0.1, 0.15) is 17.0 Å². The topological polar surface area (TPSA) is 50.9 Å². The molecule has 4 nitrogen and oxygen atoms in total. The second kappa shape index (κ2) is 6.32. The lowest BCUT2D eigenvalue weighted by Gasteiger charge is -2.05. The highest BCUT2D eigenvalue weighted by molar-refractivity contribution is 5.69. The maximum atomic E-state index is 14.0. The maximum absolute atomic E-state index is 14.0. The summed E-state index contributed by atoms with van der Waals surface area (Å²) in [6, 6.07) is 16.0. The molecule has 0 fully saturated rings. The highest BCUT2D eigenvalue weighted by atomic mass is 19.1. The van der Waals surface area contributed by atoms with Crippen molar-refractivity contribution in [2.75, 3.05) is 0 Å². The van der Waals surface area contributed by atoms with Crippen LogP contribution in [-0.4, -0.2) is 20.1 Å². The first-order valence-corrected chi connectivity index (χ1v) is 6.83. The molecule has 0 aliphatic heterocycles. The molecule has 1 N–H and O–H groups in total. The molecular formula is C17H14FN3O. The zero-order chi connectivity index (χ0) is 15.4. The minimum Gasteiger partial charge on any atom is -0.390 e. The zero-order valence-corrected chi connectivity index (χ0v) is 11.7. The van der Waals surface area contributed by atoms with E-state index in [1.807, 2.05) is 36.4 Å². The Kier molecular flexibility index (Phi) is 4.07. The maximum Gasteiger partial charge on any atom is 0.148 e. The van der Waals surface area contributed by atoms with Crippen LogP contribution in [0, 0.1) is 5.82 Å². The van der Waals surface area contributed by atoms with Crippen molar-refractivity contribution >= 4 is 12.2 Å². The summed E-state index contributed by atoms with van der Waals surface area (Å²) in [5, 5.41) is 17.3. The van der Waals surface area contributed by atoms with Crippen LogP contribution >= 0.6 is 0 Å². The molecule has 0 radical (unpaired) electrons. The quantitative estimate of drug-likeness (QED) is 0.804. The first-order valence-electron chi connectivity index (χ1n) is 6.83. The van der Waals surface area contributed by atoms with E-state index in [2.05, 4.69) is 10.3 Å². The number of nitrogens with zero attached hydrogens (tertiary/aromatic N) is 3. The van der Waals surface area contributed by atoms with E-state index >= 15 is 0 Å². The Hall–Kier alpha value is -2.79. The zero-order valence-electron chi connectivity index (χ0n) is 11.7. The van der Waals surface area contributed by atoms with Gasteiger partial charge in [-0.2, -0.15) is 0 Å². The van der Waals surface area contributed by atoms with Gasteiger partial charge in [0.2, 0.25) is 0 Å². The lowest BCUT2D eigenvalue weighted by Crippen LogP contribution is -2.02. The van der Waals surface area contributed by atoms with E-state index in [0.29, 0.717) is 17.1 Å². The van der Waals surface area contributed by atoms with E-state index in [0.717, 1.165) is 5.56 Å². The summed E-state index contributed by atoms with van der Waals surface area (Å²) in [7, 11) is 0. The summed E-state index contributed by atoms with van der Waals surface area (Å²) in [4.78, 5) is 0. The second-order valence-electron chi connectivity index (χ2n) is 4.69. The number of aliphatic hydroxyl groups excluding tert-OH is 1. The molecule has 3 aromatic rings. The predicted molar refractivity (Wildman–Crippen MR) is 82.6 cm³/mol. The van der Waals surface area contributed by atoms with Gasteiger partial charge < -0.3 is 5.11 Å². The van der Waals surface area contributed by atoms with Crippen molar-refractivity contribution in [2.45, 2.75) is 6.61 Å². The number of para-hydroxylation sites is 1. The van der Waals surface area contributed by atoms with Crippen LogP contribution in [0.3, 0.4) is 0 Å². The van der Waals surface area contributed by atoms with Gasteiger partial charge in [-0.25, -0.2) is 9.07 Å². The van der Waals surface area contributed by atoms with Crippen LogP contribution in [0.15, 0.2) is 54.6 Å². The van der Waals surface area contributed by atoms with E-state index in [4.69, 9.17) is 0 Å². The Labute approximate surface area is 127 Å². The number of hydrogen-bond acceptors (Lipinski definition) is 3. The number of aromatic nitrogens is 3. The fraction of sp³-hybridized carbons (Fsp3) is 0.0588. The largest absolute Gasteiger partial charge is 0.390 e. The van der Waals surface area contributed by atoms with Crippen LogP contribution in [-0.2, 0) is 6.61 Å². The summed E-state index contributed by atoms with van der Waals surface area (Å²) in [5.74, 6) is -0.397. The number of benzene rings is 2. The van der Waals surface area contributed by atoms with E-state index in [1.54, 1.807) is 24.3 Å². The van der Waals surface area contributed by atoms with Crippen LogP contribution in [0.25, 0.3) is 17.8 Å². The van der Waals surface area contributed by atoms with Crippen molar-refractivity contribution in [1.82, 2.24) is 15.0 Å². The Bertz CT molecular complexity index is 797. The Morgan fingerprint density at radius 2 is 1.73 bits per heavy atom. The molecule has 0 unspecified atom stereocenters. The summed E-state index contributed by atoms with van der Waals surface area (Å²) >= 11 is 0. The van der Waals surface area contributed by atoms with Crippen LogP contribution < -0.4 is 0 Å². The number of rotatable bonds is 4. The lowest BCUT2D eigenvalue weighted by molar-refractivity contribution is 0.276. The van der Waals surface area contributed by atoms with E-state index in [-0.39, 0.29) is 6.61 Å². The fourth-order valence-corrected chi connectivity index (χ4v) is 2.14. The van der Waals surface area contributed by atoms with Crippen LogP contribution in [0.4, 0.5) is 4.39 Å². The molecule has 0 saturated heterocycles. The molecular weight excluding hydrogens is 281 g/mol. The average molecular weight is 295 g/mol. The second-order valence-corrected chi connectivity index (χ2v) is 4.69. The predicted octanol–water partition coefficient (Wildman–Crippen LogP) is 3.07. The highest BCUT2D eigenvalue weighted by Gasteiger charge is 2.13. The van der Waals surface area contributed by atoms with E-state index < -0.39 is 5.82 Å². The standard InChI is InChI=1S/C17H14FN3O/c18-14-8-4-5-9-16(14)21-17(15(12-22)19-20-21)11-10-13-6-2-1-3-7-13/h1-11,22H,12H2/b11-10+. The van der Waals surface area contributed by atoms with Gasteiger partial charge >= 0.3 is 0 Å². The van der Waals surface area contributed by atoms with Crippen molar-refractivity contribution in [3.63, 3.8) is 0 Å². The van der Waals surface area contributed by atoms with Crippen molar-refractivity contribution in [2.24, 2.45) is 0 Å². The van der Waals surface area contributed by atoms with Gasteiger partial charge in [0.25, 0.3) is 0 Å². The number of halogens is 1. The monoisotopic (exact) mass is 295 g/mol. The molecule has 3 rings (SSSR count). The molecule has 110 valence electrons. The first kappa shape index (κ1) is 14.2. The smallest absolute Gasteiger partial charge is 0.148 e. The van der Waals surface area contributed by atoms with E-state index in [9.17, 15) is 9.50 Å². The molecule has 0 aliphatic carbocycles. The SMILES string of the molecule is OCc1nnn(-c2ccccc2F)c1/C=C/c1ccccc1. The first-order chi connectivity index (χ1) is 10.8. The van der Waals surface area contributed by atoms with Gasteiger partial charge in [0.1, 0.15) is 17.2 Å². The van der Waals surface area contributed by atoms with Gasteiger partial charge in [-0.1, -0.05) is 53.8 Å². The summed E-state index contributed by atoms with van der Waals surface area (Å²) in [5.41, 5.74) is 2.24. The van der Waals surface area contributed by atoms with Crippen LogP contribution in [0.5, 0.6) is 0 Å². The molecule has 0 amide bonds. The molecule has 2 aromatic carbocycles. The number of hydrogen-bond donors (Lipinski definition) is 1. The van der Waals surface area contributed by atoms with Gasteiger partial charge in [0.15, 0.2) is 0 Å². The fourth-order valence-electron chi connectivity index (χ4n) is 2.14. The summed E-state index contributed by atoms with van der Waals surface area (Å²) in [6.45, 7) is -0.261. The molecule has 0 spiro atoms. The third kappa shape index (κ3) is 2.80. The molecule has 0 saturated carbocycles. The molecule has 0 bridgehead atoms. The van der Waals surface area contributed by atoms with Crippen molar-refractivity contribution in [3.8, 4) is 5.69 Å². The molecule has 5 heteroatoms. The molecule has 0 atom stereocenters. The third-order valence-corrected chi connectivity index (χ3v) is 3.24. The molecule has 22 heavy (non-hydrogen) atoms. The molecule has 1 heterocycles. The Morgan fingerprint density at radius 1 is 1.00 bits per heavy atom. The van der Waals surface area contributed by atoms with Crippen molar-refractivity contribution < 1.29 is 9.50 Å². The van der Waals surface area contributed by atoms with Crippen LogP contribution in [0.2, 0.25) is 0 Å². The lowest BCUT2D eigenvalue weighted by atomic mass is 10.2. The van der Waals surface area contributed by atoms with Crippen molar-refractivity contribution in [1.29, 1.82) is 0 Å². The summed E-state index contributed by atoms with van der Waals surface area (Å²) in [6.07, 6.45) is 3.64. The van der Waals surface area contributed by atoms with E-state index in [1.165, 1.54) is 10.7 Å². The molecule has 0 aliphatic rings. The molecule has 1 aromatic heterocycles. The summed E-state index contributed by atoms with van der Waals surface area (Å²) < 4.78 is 15.3. The Balaban J connectivity index is 2.05. The van der Waals surface area contributed by atoms with Gasteiger partial charge in [-0.05, 0) is 23.8 Å².